The van der Waals surface area contributed by atoms with Crippen LogP contribution in [0.1, 0.15) is 44.9 Å². The van der Waals surface area contributed by atoms with Crippen molar-refractivity contribution >= 4 is 5.97 Å². The summed E-state index contributed by atoms with van der Waals surface area (Å²) in [6, 6.07) is 1.53. The maximum absolute atomic E-state index is 11.9. The van der Waals surface area contributed by atoms with Gasteiger partial charge in [-0.05, 0) is 56.7 Å². The van der Waals surface area contributed by atoms with Crippen LogP contribution in [-0.4, -0.2) is 47.7 Å². The number of hydrogen-bond acceptors (Lipinski definition) is 4. The SMILES string of the molecule is O=C1C=C2CC(NCC3CC3)[C@@H]3C[C@@]2(O1)[C@H]1CCCCN31. The highest BCUT2D eigenvalue weighted by molar-refractivity contribution is 5.87. The number of nitrogens with one attached hydrogen (secondary N) is 1. The molecule has 1 N–H and O–H groups in total. The van der Waals surface area contributed by atoms with Crippen molar-refractivity contribution in [2.24, 2.45) is 5.92 Å². The monoisotopic (exact) mass is 288 g/mol. The lowest BCUT2D eigenvalue weighted by Gasteiger charge is -2.38. The minimum atomic E-state index is -0.250. The Morgan fingerprint density at radius 3 is 3.10 bits per heavy atom. The lowest BCUT2D eigenvalue weighted by Crippen LogP contribution is -2.50. The molecule has 21 heavy (non-hydrogen) atoms. The normalized spacial score (nSPS) is 45.0. The van der Waals surface area contributed by atoms with E-state index in [4.69, 9.17) is 4.74 Å². The van der Waals surface area contributed by atoms with Crippen LogP contribution in [0.3, 0.4) is 0 Å². The summed E-state index contributed by atoms with van der Waals surface area (Å²) in [6.45, 7) is 2.35. The molecule has 4 nitrogen and oxygen atoms in total. The first-order valence-electron chi connectivity index (χ1n) is 8.69. The average Bonchev–Trinajstić information content (AvgIpc) is 3.20. The van der Waals surface area contributed by atoms with Gasteiger partial charge in [-0.15, -0.1) is 0 Å². The molecule has 2 saturated heterocycles. The maximum atomic E-state index is 11.9. The van der Waals surface area contributed by atoms with Crippen LogP contribution in [0.2, 0.25) is 0 Å². The molecular formula is C17H24N2O2. The molecule has 114 valence electrons. The molecule has 0 radical (unpaired) electrons. The van der Waals surface area contributed by atoms with Gasteiger partial charge in [-0.3, -0.25) is 4.90 Å². The third-order valence-electron chi connectivity index (χ3n) is 6.41. The van der Waals surface area contributed by atoms with E-state index in [0.717, 1.165) is 25.3 Å². The predicted octanol–water partition coefficient (Wildman–Crippen LogP) is 1.61. The van der Waals surface area contributed by atoms with Gasteiger partial charge in [0.15, 0.2) is 5.60 Å². The van der Waals surface area contributed by atoms with Gasteiger partial charge in [0.25, 0.3) is 0 Å². The van der Waals surface area contributed by atoms with Gasteiger partial charge >= 0.3 is 5.97 Å². The number of nitrogens with zero attached hydrogens (tertiary/aromatic N) is 1. The fourth-order valence-electron chi connectivity index (χ4n) is 5.24. The summed E-state index contributed by atoms with van der Waals surface area (Å²) in [6.07, 6.45) is 10.4. The summed E-state index contributed by atoms with van der Waals surface area (Å²) >= 11 is 0. The van der Waals surface area contributed by atoms with E-state index in [1.165, 1.54) is 44.2 Å². The standard InChI is InChI=1S/C17H24N2O2/c20-16-8-12-7-13(18-10-11-4-5-11)14-9-17(12,21-16)15-3-1-2-6-19(14)15/h8,11,13-15,18H,1-7,9-10H2/t13?,14-,15+,17-/m0/s1. The van der Waals surface area contributed by atoms with Crippen LogP contribution in [0.25, 0.3) is 0 Å². The van der Waals surface area contributed by atoms with E-state index < -0.39 is 0 Å². The topological polar surface area (TPSA) is 41.6 Å². The van der Waals surface area contributed by atoms with Crippen molar-refractivity contribution in [3.05, 3.63) is 11.6 Å². The summed E-state index contributed by atoms with van der Waals surface area (Å²) in [4.78, 5) is 14.6. The second-order valence-corrected chi connectivity index (χ2v) is 7.66. The second kappa shape index (κ2) is 4.32. The molecule has 5 aliphatic rings. The van der Waals surface area contributed by atoms with Crippen LogP contribution in [0.4, 0.5) is 0 Å². The molecule has 2 aliphatic carbocycles. The Labute approximate surface area is 125 Å². The molecule has 2 saturated carbocycles. The number of rotatable bonds is 3. The van der Waals surface area contributed by atoms with Crippen molar-refractivity contribution in [3.8, 4) is 0 Å². The minimum absolute atomic E-state index is 0.0981. The highest BCUT2D eigenvalue weighted by atomic mass is 16.6. The predicted molar refractivity (Wildman–Crippen MR) is 78.8 cm³/mol. The van der Waals surface area contributed by atoms with Gasteiger partial charge in [0, 0.05) is 24.6 Å². The van der Waals surface area contributed by atoms with Gasteiger partial charge in [0.1, 0.15) is 0 Å². The lowest BCUT2D eigenvalue weighted by atomic mass is 9.75. The van der Waals surface area contributed by atoms with Gasteiger partial charge in [-0.2, -0.15) is 0 Å². The van der Waals surface area contributed by atoms with Crippen molar-refractivity contribution in [3.63, 3.8) is 0 Å². The number of esters is 1. The average molecular weight is 288 g/mol. The fourth-order valence-corrected chi connectivity index (χ4v) is 5.24. The largest absolute Gasteiger partial charge is 0.450 e. The summed E-state index contributed by atoms with van der Waals surface area (Å²) in [5, 5.41) is 3.82. The van der Waals surface area contributed by atoms with Crippen LogP contribution in [0.5, 0.6) is 0 Å². The van der Waals surface area contributed by atoms with E-state index in [9.17, 15) is 4.79 Å². The van der Waals surface area contributed by atoms with E-state index in [1.807, 2.05) is 0 Å². The smallest absolute Gasteiger partial charge is 0.331 e. The lowest BCUT2D eigenvalue weighted by molar-refractivity contribution is -0.148. The Hall–Kier alpha value is -0.870. The third-order valence-corrected chi connectivity index (χ3v) is 6.41. The summed E-state index contributed by atoms with van der Waals surface area (Å²) in [5.74, 6) is 0.810. The Balaban J connectivity index is 1.46. The minimum Gasteiger partial charge on any atom is -0.450 e. The molecule has 0 aromatic rings. The van der Waals surface area contributed by atoms with Crippen molar-refractivity contribution in [1.29, 1.82) is 0 Å². The van der Waals surface area contributed by atoms with E-state index >= 15 is 0 Å². The summed E-state index contributed by atoms with van der Waals surface area (Å²) in [5.41, 5.74) is 1.03. The maximum Gasteiger partial charge on any atom is 0.331 e. The van der Waals surface area contributed by atoms with Gasteiger partial charge in [0.05, 0.1) is 6.04 Å². The van der Waals surface area contributed by atoms with Crippen LogP contribution in [0, 0.1) is 5.92 Å². The van der Waals surface area contributed by atoms with E-state index in [2.05, 4.69) is 10.2 Å². The van der Waals surface area contributed by atoms with Gasteiger partial charge in [0.2, 0.25) is 0 Å². The van der Waals surface area contributed by atoms with E-state index in [1.54, 1.807) is 6.08 Å². The molecule has 2 bridgehead atoms. The Morgan fingerprint density at radius 1 is 1.33 bits per heavy atom. The molecule has 4 heteroatoms. The number of ether oxygens (including phenoxy) is 1. The second-order valence-electron chi connectivity index (χ2n) is 7.66. The molecule has 1 unspecified atom stereocenters. The molecule has 3 heterocycles. The number of carbonyl (C=O) groups is 1. The zero-order chi connectivity index (χ0) is 14.0. The Bertz CT molecular complexity index is 513. The number of fused-ring (bicyclic) bond motifs is 3. The zero-order valence-electron chi connectivity index (χ0n) is 12.5. The fraction of sp³-hybridized carbons (Fsp3) is 0.824. The van der Waals surface area contributed by atoms with Crippen molar-refractivity contribution in [2.75, 3.05) is 13.1 Å². The van der Waals surface area contributed by atoms with Crippen molar-refractivity contribution in [2.45, 2.75) is 68.7 Å². The quantitative estimate of drug-likeness (QED) is 0.801. The summed E-state index contributed by atoms with van der Waals surface area (Å²) < 4.78 is 5.90. The third kappa shape index (κ3) is 1.78. The van der Waals surface area contributed by atoms with Gasteiger partial charge < -0.3 is 10.1 Å². The van der Waals surface area contributed by atoms with Crippen LogP contribution in [0.15, 0.2) is 11.6 Å². The number of hydrogen-bond donors (Lipinski definition) is 1. The molecule has 4 fully saturated rings. The molecule has 3 aliphatic heterocycles. The highest BCUT2D eigenvalue weighted by Gasteiger charge is 2.63. The Kier molecular flexibility index (Phi) is 2.61. The molecular weight excluding hydrogens is 264 g/mol. The van der Waals surface area contributed by atoms with Crippen LogP contribution in [-0.2, 0) is 9.53 Å². The first-order chi connectivity index (χ1) is 10.3. The molecule has 5 rings (SSSR count). The molecule has 4 atom stereocenters. The Morgan fingerprint density at radius 2 is 2.24 bits per heavy atom. The first-order valence-corrected chi connectivity index (χ1v) is 8.69. The van der Waals surface area contributed by atoms with Gasteiger partial charge in [-0.25, -0.2) is 4.79 Å². The molecule has 1 spiro atoms. The first kappa shape index (κ1) is 12.7. The zero-order valence-corrected chi connectivity index (χ0v) is 12.5. The van der Waals surface area contributed by atoms with Crippen molar-refractivity contribution in [1.82, 2.24) is 10.2 Å². The van der Waals surface area contributed by atoms with Crippen LogP contribution < -0.4 is 5.32 Å². The number of piperidine rings is 1. The number of carbonyl (C=O) groups excluding carboxylic acids is 1. The van der Waals surface area contributed by atoms with Crippen LogP contribution >= 0.6 is 0 Å². The van der Waals surface area contributed by atoms with Gasteiger partial charge in [-0.1, -0.05) is 6.42 Å². The summed E-state index contributed by atoms with van der Waals surface area (Å²) in [7, 11) is 0. The molecule has 0 aromatic heterocycles. The van der Waals surface area contributed by atoms with E-state index in [0.29, 0.717) is 18.1 Å². The van der Waals surface area contributed by atoms with E-state index in [-0.39, 0.29) is 11.6 Å². The molecule has 0 aromatic carbocycles. The highest BCUT2D eigenvalue weighted by Crippen LogP contribution is 2.53. The van der Waals surface area contributed by atoms with Crippen molar-refractivity contribution < 1.29 is 9.53 Å². The molecule has 0 amide bonds.